The molecule has 1 fully saturated rings. The van der Waals surface area contributed by atoms with Crippen molar-refractivity contribution in [1.29, 1.82) is 0 Å². The van der Waals surface area contributed by atoms with Gasteiger partial charge in [-0.15, -0.1) is 5.10 Å². The van der Waals surface area contributed by atoms with Gasteiger partial charge in [0.15, 0.2) is 5.65 Å². The van der Waals surface area contributed by atoms with E-state index in [9.17, 15) is 18.0 Å². The van der Waals surface area contributed by atoms with Gasteiger partial charge in [-0.1, -0.05) is 18.2 Å². The van der Waals surface area contributed by atoms with Crippen molar-refractivity contribution in [3.63, 3.8) is 0 Å². The summed E-state index contributed by atoms with van der Waals surface area (Å²) in [5, 5.41) is 10.5. The van der Waals surface area contributed by atoms with E-state index in [1.807, 2.05) is 0 Å². The van der Waals surface area contributed by atoms with Crippen LogP contribution in [0.25, 0.3) is 16.9 Å². The van der Waals surface area contributed by atoms with E-state index in [2.05, 4.69) is 37.6 Å². The van der Waals surface area contributed by atoms with Gasteiger partial charge in [0.1, 0.15) is 0 Å². The van der Waals surface area contributed by atoms with Gasteiger partial charge in [-0.2, -0.15) is 18.2 Å². The van der Waals surface area contributed by atoms with Crippen molar-refractivity contribution in [3.8, 4) is 11.3 Å². The number of carbonyl (C=O) groups excluding carboxylic acids is 1. The van der Waals surface area contributed by atoms with E-state index in [0.717, 1.165) is 51.3 Å². The van der Waals surface area contributed by atoms with Gasteiger partial charge < -0.3 is 20.4 Å². The van der Waals surface area contributed by atoms with Gasteiger partial charge in [0.25, 0.3) is 5.91 Å². The van der Waals surface area contributed by atoms with Crippen LogP contribution in [0, 0.1) is 0 Å². The summed E-state index contributed by atoms with van der Waals surface area (Å²) < 4.78 is 41.1. The van der Waals surface area contributed by atoms with Gasteiger partial charge in [0.2, 0.25) is 5.95 Å². The molecule has 5 rings (SSSR count). The molecule has 3 heterocycles. The van der Waals surface area contributed by atoms with E-state index in [1.165, 1.54) is 10.6 Å². The third-order valence-corrected chi connectivity index (χ3v) is 6.78. The highest BCUT2D eigenvalue weighted by Gasteiger charge is 2.30. The van der Waals surface area contributed by atoms with Gasteiger partial charge >= 0.3 is 6.18 Å². The zero-order chi connectivity index (χ0) is 27.4. The van der Waals surface area contributed by atoms with Crippen LogP contribution in [0.2, 0.25) is 0 Å². The second-order valence-corrected chi connectivity index (χ2v) is 9.65. The summed E-state index contributed by atoms with van der Waals surface area (Å²) >= 11 is 0. The van der Waals surface area contributed by atoms with Crippen molar-refractivity contribution in [1.82, 2.24) is 29.7 Å². The van der Waals surface area contributed by atoms with Crippen LogP contribution in [-0.2, 0) is 6.18 Å². The summed E-state index contributed by atoms with van der Waals surface area (Å²) in [5.41, 5.74) is 1.85. The quantitative estimate of drug-likeness (QED) is 0.322. The van der Waals surface area contributed by atoms with Crippen LogP contribution < -0.4 is 10.6 Å². The second-order valence-electron chi connectivity index (χ2n) is 9.65. The molecule has 0 saturated carbocycles. The number of fused-ring (bicyclic) bond motifs is 1. The average molecular weight is 538 g/mol. The van der Waals surface area contributed by atoms with E-state index < -0.39 is 11.7 Å². The molecule has 1 aliphatic rings. The molecule has 2 aromatic carbocycles. The molecule has 11 heteroatoms. The summed E-state index contributed by atoms with van der Waals surface area (Å²) in [4.78, 5) is 21.7. The van der Waals surface area contributed by atoms with Gasteiger partial charge in [-0.25, -0.2) is 4.52 Å². The number of benzene rings is 2. The molecule has 4 aromatic rings. The predicted molar refractivity (Wildman–Crippen MR) is 144 cm³/mol. The number of rotatable bonds is 8. The Kier molecular flexibility index (Phi) is 7.80. The first kappa shape index (κ1) is 26.6. The monoisotopic (exact) mass is 537 g/mol. The lowest BCUT2D eigenvalue weighted by atomic mass is 10.1. The molecule has 0 aliphatic carbocycles. The van der Waals surface area contributed by atoms with Crippen LogP contribution in [0.5, 0.6) is 0 Å². The van der Waals surface area contributed by atoms with Gasteiger partial charge in [0, 0.05) is 49.5 Å². The molecule has 2 aromatic heterocycles. The molecule has 1 aliphatic heterocycles. The summed E-state index contributed by atoms with van der Waals surface area (Å²) in [5.74, 6) is 0.159. The van der Waals surface area contributed by atoms with Crippen molar-refractivity contribution in [2.45, 2.75) is 12.6 Å². The van der Waals surface area contributed by atoms with Crippen LogP contribution in [0.4, 0.5) is 24.8 Å². The van der Waals surface area contributed by atoms with Crippen molar-refractivity contribution in [3.05, 3.63) is 77.9 Å². The van der Waals surface area contributed by atoms with Gasteiger partial charge in [-0.05, 0) is 68.5 Å². The minimum atomic E-state index is -4.44. The molecule has 0 spiro atoms. The number of pyridine rings is 1. The highest BCUT2D eigenvalue weighted by molar-refractivity contribution is 5.94. The largest absolute Gasteiger partial charge is 0.416 e. The molecule has 0 atom stereocenters. The minimum Gasteiger partial charge on any atom is -0.352 e. The number of amides is 1. The third-order valence-electron chi connectivity index (χ3n) is 6.78. The first-order chi connectivity index (χ1) is 18.8. The lowest BCUT2D eigenvalue weighted by Crippen LogP contribution is -2.45. The third kappa shape index (κ3) is 6.55. The first-order valence-electron chi connectivity index (χ1n) is 12.9. The number of alkyl halides is 3. The standard InChI is InChI=1S/C28H30F3N7O/c1-36-15-17-37(18-16-36)14-4-13-32-26(39)20-9-11-23(12-10-20)33-27-34-25-8-3-7-24(38(25)35-27)21-5-2-6-22(19-21)28(29,30)31/h2-3,5-12,19H,4,13-18H2,1H3,(H,32,39)(H,33,35). The Morgan fingerprint density at radius 1 is 0.974 bits per heavy atom. The van der Waals surface area contributed by atoms with Crippen molar-refractivity contribution < 1.29 is 18.0 Å². The van der Waals surface area contributed by atoms with Gasteiger partial charge in [-0.3, -0.25) is 4.79 Å². The van der Waals surface area contributed by atoms with E-state index in [0.29, 0.717) is 34.7 Å². The Morgan fingerprint density at radius 2 is 1.72 bits per heavy atom. The molecule has 0 radical (unpaired) electrons. The summed E-state index contributed by atoms with van der Waals surface area (Å²) in [6.07, 6.45) is -3.54. The molecule has 0 bridgehead atoms. The molecule has 39 heavy (non-hydrogen) atoms. The summed E-state index contributed by atoms with van der Waals surface area (Å²) in [6, 6.07) is 17.2. The number of nitrogens with one attached hydrogen (secondary N) is 2. The van der Waals surface area contributed by atoms with E-state index >= 15 is 0 Å². The molecule has 0 unspecified atom stereocenters. The van der Waals surface area contributed by atoms with Crippen LogP contribution in [0.3, 0.4) is 0 Å². The summed E-state index contributed by atoms with van der Waals surface area (Å²) in [7, 11) is 2.13. The van der Waals surface area contributed by atoms with Crippen LogP contribution in [0.1, 0.15) is 22.3 Å². The van der Waals surface area contributed by atoms with Gasteiger partial charge in [0.05, 0.1) is 11.3 Å². The first-order valence-corrected chi connectivity index (χ1v) is 12.9. The highest BCUT2D eigenvalue weighted by Crippen LogP contribution is 2.32. The Morgan fingerprint density at radius 3 is 2.46 bits per heavy atom. The maximum absolute atomic E-state index is 13.2. The van der Waals surface area contributed by atoms with Crippen LogP contribution in [0.15, 0.2) is 66.7 Å². The Balaban J connectivity index is 1.20. The molecular formula is C28H30F3N7O. The average Bonchev–Trinajstić information content (AvgIpc) is 3.34. The molecular weight excluding hydrogens is 507 g/mol. The lowest BCUT2D eigenvalue weighted by Gasteiger charge is -2.32. The maximum atomic E-state index is 13.2. The number of aromatic nitrogens is 3. The number of hydrogen-bond acceptors (Lipinski definition) is 6. The topological polar surface area (TPSA) is 77.8 Å². The second kappa shape index (κ2) is 11.4. The van der Waals surface area contributed by atoms with E-state index in [1.54, 1.807) is 48.5 Å². The lowest BCUT2D eigenvalue weighted by molar-refractivity contribution is -0.137. The van der Waals surface area contributed by atoms with Crippen molar-refractivity contribution in [2.75, 3.05) is 51.6 Å². The Bertz CT molecular complexity index is 1430. The SMILES string of the molecule is CN1CCN(CCCNC(=O)c2ccc(Nc3nc4cccc(-c5cccc(C(F)(F)F)c5)n4n3)cc2)CC1. The number of nitrogens with zero attached hydrogens (tertiary/aromatic N) is 5. The van der Waals surface area contributed by atoms with Crippen LogP contribution >= 0.6 is 0 Å². The van der Waals surface area contributed by atoms with Crippen LogP contribution in [-0.4, -0.2) is 76.6 Å². The molecule has 1 amide bonds. The van der Waals surface area contributed by atoms with E-state index in [-0.39, 0.29) is 11.9 Å². The number of likely N-dealkylation sites (N-methyl/N-ethyl adjacent to an activating group) is 1. The summed E-state index contributed by atoms with van der Waals surface area (Å²) in [6.45, 7) is 5.87. The fourth-order valence-corrected chi connectivity index (χ4v) is 4.54. The molecule has 204 valence electrons. The zero-order valence-corrected chi connectivity index (χ0v) is 21.6. The van der Waals surface area contributed by atoms with E-state index in [4.69, 9.17) is 0 Å². The van der Waals surface area contributed by atoms with Crippen molar-refractivity contribution in [2.24, 2.45) is 0 Å². The molecule has 1 saturated heterocycles. The zero-order valence-electron chi connectivity index (χ0n) is 21.6. The Labute approximate surface area is 224 Å². The fourth-order valence-electron chi connectivity index (χ4n) is 4.54. The minimum absolute atomic E-state index is 0.128. The predicted octanol–water partition coefficient (Wildman–Crippen LogP) is 4.53. The number of anilines is 2. The number of hydrogen-bond donors (Lipinski definition) is 2. The van der Waals surface area contributed by atoms with Crippen molar-refractivity contribution >= 4 is 23.2 Å². The smallest absolute Gasteiger partial charge is 0.352 e. The number of carbonyl (C=O) groups is 1. The molecule has 8 nitrogen and oxygen atoms in total. The fraction of sp³-hybridized carbons (Fsp3) is 0.321. The highest BCUT2D eigenvalue weighted by atomic mass is 19.4. The number of piperazine rings is 1. The Hall–Kier alpha value is -3.96. The number of halogens is 3. The normalized spacial score (nSPS) is 15.0. The molecule has 2 N–H and O–H groups in total. The maximum Gasteiger partial charge on any atom is 0.416 e.